The minimum absolute atomic E-state index is 0.0238. The third-order valence-electron chi connectivity index (χ3n) is 5.32. The predicted octanol–water partition coefficient (Wildman–Crippen LogP) is 5.07. The molecule has 2 amide bonds. The molecule has 1 atom stereocenters. The Kier molecular flexibility index (Phi) is 10.8. The number of thioether (sulfide) groups is 1. The van der Waals surface area contributed by atoms with E-state index in [0.29, 0.717) is 28.9 Å². The fraction of sp³-hybridized carbons (Fsp3) is 0.308. The summed E-state index contributed by atoms with van der Waals surface area (Å²) in [5.74, 6) is -0.0181. The van der Waals surface area contributed by atoms with Crippen molar-refractivity contribution >= 4 is 50.3 Å². The Hall–Kier alpha value is -3.37. The van der Waals surface area contributed by atoms with E-state index in [9.17, 15) is 9.59 Å². The Bertz CT molecular complexity index is 1170. The number of aryl methyl sites for hydroxylation is 1. The third kappa shape index (κ3) is 10.1. The van der Waals surface area contributed by atoms with Crippen LogP contribution < -0.4 is 10.6 Å². The van der Waals surface area contributed by atoms with E-state index in [-0.39, 0.29) is 23.4 Å². The fourth-order valence-corrected chi connectivity index (χ4v) is 4.80. The number of hydrogen-bond acceptors (Lipinski definition) is 8. The molecule has 0 fully saturated rings. The molecule has 1 aromatic heterocycles. The molecule has 3 rings (SSSR count). The van der Waals surface area contributed by atoms with Gasteiger partial charge in [-0.15, -0.1) is 10.2 Å². The normalized spacial score (nSPS) is 11.5. The zero-order valence-electron chi connectivity index (χ0n) is 20.1. The molecule has 0 aliphatic rings. The van der Waals surface area contributed by atoms with Gasteiger partial charge in [0.15, 0.2) is 5.17 Å². The summed E-state index contributed by atoms with van der Waals surface area (Å²) in [6.07, 6.45) is 3.48. The lowest BCUT2D eigenvalue weighted by molar-refractivity contribution is -0.119. The highest BCUT2D eigenvalue weighted by molar-refractivity contribution is 8.26. The first-order valence-corrected chi connectivity index (χ1v) is 13.3. The van der Waals surface area contributed by atoms with Crippen molar-refractivity contribution in [1.82, 2.24) is 15.5 Å². The van der Waals surface area contributed by atoms with Crippen molar-refractivity contribution in [3.63, 3.8) is 0 Å². The topological polar surface area (TPSA) is 132 Å². The van der Waals surface area contributed by atoms with Crippen LogP contribution in [-0.4, -0.2) is 32.2 Å². The van der Waals surface area contributed by atoms with Gasteiger partial charge in [-0.25, -0.2) is 0 Å². The minimum Gasteiger partial charge on any atom is -0.305 e. The Balaban J connectivity index is 1.31. The summed E-state index contributed by atoms with van der Waals surface area (Å²) in [7, 11) is 0. The van der Waals surface area contributed by atoms with Crippen LogP contribution in [0.2, 0.25) is 0 Å². The van der Waals surface area contributed by atoms with Gasteiger partial charge in [0.05, 0.1) is 17.9 Å². The molecule has 0 radical (unpaired) electrons. The lowest BCUT2D eigenvalue weighted by atomic mass is 10.0. The molecule has 0 aliphatic heterocycles. The first kappa shape index (κ1) is 27.2. The maximum absolute atomic E-state index is 12.2. The van der Waals surface area contributed by atoms with Crippen LogP contribution in [0.4, 0.5) is 5.13 Å². The van der Waals surface area contributed by atoms with Crippen molar-refractivity contribution in [2.75, 3.05) is 5.32 Å². The Morgan fingerprint density at radius 1 is 0.917 bits per heavy atom. The summed E-state index contributed by atoms with van der Waals surface area (Å²) in [5, 5.41) is 31.4. The van der Waals surface area contributed by atoms with Gasteiger partial charge >= 0.3 is 0 Å². The quantitative estimate of drug-likeness (QED) is 0.206. The van der Waals surface area contributed by atoms with Gasteiger partial charge in [0.2, 0.25) is 16.9 Å². The second kappa shape index (κ2) is 14.3. The maximum atomic E-state index is 12.2. The molecule has 2 aromatic carbocycles. The first-order valence-electron chi connectivity index (χ1n) is 11.7. The molecule has 188 valence electrons. The van der Waals surface area contributed by atoms with Crippen molar-refractivity contribution in [2.24, 2.45) is 5.92 Å². The van der Waals surface area contributed by atoms with Crippen LogP contribution in [0.5, 0.6) is 0 Å². The van der Waals surface area contributed by atoms with Crippen LogP contribution in [0.1, 0.15) is 42.3 Å². The maximum Gasteiger partial charge on any atom is 0.230 e. The number of carbonyl (C=O) groups excluding carboxylic acids is 2. The van der Waals surface area contributed by atoms with Gasteiger partial charge in [0.1, 0.15) is 5.01 Å². The van der Waals surface area contributed by atoms with E-state index in [0.717, 1.165) is 47.2 Å². The number of hydrogen-bond donors (Lipinski definition) is 4. The first-order chi connectivity index (χ1) is 17.4. The van der Waals surface area contributed by atoms with Crippen LogP contribution in [0.25, 0.3) is 0 Å². The van der Waals surface area contributed by atoms with Crippen LogP contribution in [0, 0.1) is 16.7 Å². The zero-order valence-corrected chi connectivity index (χ0v) is 21.8. The molecule has 0 aliphatic carbocycles. The summed E-state index contributed by atoms with van der Waals surface area (Å²) in [6.45, 7) is 2.12. The minimum atomic E-state index is -0.257. The number of rotatable bonds is 11. The standard InChI is InChI=1S/C26H30N6O2S2/c1-18(12-14-21(27)35-25(28)29-22(33)16-19-8-4-2-5-9-19)13-15-24-31-32-26(36-24)30-23(34)17-20-10-6-3-7-11-20/h2-11,18,27H,12-17H2,1H3,(H2,28,29,33)(H,30,32,34). The summed E-state index contributed by atoms with van der Waals surface area (Å²) < 4.78 is 0. The van der Waals surface area contributed by atoms with Crippen LogP contribution in [0.3, 0.4) is 0 Å². The lowest BCUT2D eigenvalue weighted by Gasteiger charge is -2.11. The average Bonchev–Trinajstić information content (AvgIpc) is 3.29. The van der Waals surface area contributed by atoms with E-state index in [4.69, 9.17) is 10.8 Å². The lowest BCUT2D eigenvalue weighted by Crippen LogP contribution is -2.29. The van der Waals surface area contributed by atoms with E-state index >= 15 is 0 Å². The molecule has 0 saturated heterocycles. The highest BCUT2D eigenvalue weighted by Crippen LogP contribution is 2.21. The molecule has 0 bridgehead atoms. The molecule has 0 spiro atoms. The Labute approximate surface area is 219 Å². The number of amides is 2. The number of benzene rings is 2. The molecule has 1 heterocycles. The molecule has 36 heavy (non-hydrogen) atoms. The van der Waals surface area contributed by atoms with Crippen molar-refractivity contribution in [3.8, 4) is 0 Å². The molecule has 8 nitrogen and oxygen atoms in total. The molecular formula is C26H30N6O2S2. The largest absolute Gasteiger partial charge is 0.305 e. The van der Waals surface area contributed by atoms with Gasteiger partial charge in [0.25, 0.3) is 0 Å². The van der Waals surface area contributed by atoms with Gasteiger partial charge in [0, 0.05) is 6.42 Å². The summed E-state index contributed by atoms with van der Waals surface area (Å²) in [5.41, 5.74) is 1.83. The monoisotopic (exact) mass is 522 g/mol. The third-order valence-corrected chi connectivity index (χ3v) is 6.98. The van der Waals surface area contributed by atoms with Crippen LogP contribution in [0.15, 0.2) is 60.7 Å². The number of anilines is 1. The summed E-state index contributed by atoms with van der Waals surface area (Å²) >= 11 is 2.36. The second-order valence-electron chi connectivity index (χ2n) is 8.46. The molecule has 4 N–H and O–H groups in total. The zero-order chi connectivity index (χ0) is 25.8. The smallest absolute Gasteiger partial charge is 0.230 e. The van der Waals surface area contributed by atoms with Gasteiger partial charge in [-0.05, 0) is 48.1 Å². The van der Waals surface area contributed by atoms with Crippen molar-refractivity contribution in [3.05, 3.63) is 76.8 Å². The van der Waals surface area contributed by atoms with E-state index < -0.39 is 0 Å². The van der Waals surface area contributed by atoms with Crippen molar-refractivity contribution in [1.29, 1.82) is 10.8 Å². The fourth-order valence-electron chi connectivity index (χ4n) is 3.39. The van der Waals surface area contributed by atoms with Crippen LogP contribution in [-0.2, 0) is 28.9 Å². The van der Waals surface area contributed by atoms with Crippen molar-refractivity contribution in [2.45, 2.75) is 45.4 Å². The average molecular weight is 523 g/mol. The number of aromatic nitrogens is 2. The number of nitrogens with one attached hydrogen (secondary N) is 4. The molecule has 10 heteroatoms. The Morgan fingerprint density at radius 3 is 2.17 bits per heavy atom. The molecule has 3 aromatic rings. The van der Waals surface area contributed by atoms with E-state index in [1.165, 1.54) is 11.3 Å². The predicted molar refractivity (Wildman–Crippen MR) is 147 cm³/mol. The SMILES string of the molecule is CC(CCC(=N)SC(=N)NC(=O)Cc1ccccc1)CCc1nnc(NC(=O)Cc2ccccc2)s1. The highest BCUT2D eigenvalue weighted by Gasteiger charge is 2.13. The number of nitrogens with zero attached hydrogens (tertiary/aromatic N) is 2. The van der Waals surface area contributed by atoms with Gasteiger partial charge in [-0.1, -0.05) is 78.9 Å². The molecular weight excluding hydrogens is 492 g/mol. The van der Waals surface area contributed by atoms with Gasteiger partial charge < -0.3 is 10.6 Å². The molecule has 1 unspecified atom stereocenters. The summed E-state index contributed by atoms with van der Waals surface area (Å²) in [6, 6.07) is 18.9. The van der Waals surface area contributed by atoms with Gasteiger partial charge in [-0.2, -0.15) is 0 Å². The van der Waals surface area contributed by atoms with Gasteiger partial charge in [-0.3, -0.25) is 20.4 Å². The van der Waals surface area contributed by atoms with E-state index in [2.05, 4.69) is 27.8 Å². The summed E-state index contributed by atoms with van der Waals surface area (Å²) in [4.78, 5) is 24.3. The van der Waals surface area contributed by atoms with Crippen LogP contribution >= 0.6 is 23.1 Å². The highest BCUT2D eigenvalue weighted by atomic mass is 32.2. The van der Waals surface area contributed by atoms with E-state index in [1.807, 2.05) is 60.7 Å². The van der Waals surface area contributed by atoms with E-state index in [1.54, 1.807) is 0 Å². The number of amidine groups is 1. The number of carbonyl (C=O) groups is 2. The Morgan fingerprint density at radius 2 is 1.53 bits per heavy atom. The molecule has 0 saturated carbocycles. The van der Waals surface area contributed by atoms with Crippen molar-refractivity contribution < 1.29 is 9.59 Å². The second-order valence-corrected chi connectivity index (χ2v) is 10.6.